The third-order valence-electron chi connectivity index (χ3n) is 2.58. The Labute approximate surface area is 109 Å². The van der Waals surface area contributed by atoms with Gasteiger partial charge in [0.2, 0.25) is 0 Å². The number of carbonyl (C=O) groups is 1. The zero-order valence-corrected chi connectivity index (χ0v) is 11.2. The van der Waals surface area contributed by atoms with Crippen molar-refractivity contribution in [1.82, 2.24) is 4.98 Å². The summed E-state index contributed by atoms with van der Waals surface area (Å²) < 4.78 is 10.5. The SMILES string of the molecule is COc1ccc(-c2nc(C)c(C=O)s2)c(OC)c1. The number of rotatable bonds is 4. The molecule has 1 aromatic carbocycles. The molecule has 0 aliphatic rings. The van der Waals surface area contributed by atoms with Crippen molar-refractivity contribution in [3.8, 4) is 22.1 Å². The molecule has 4 nitrogen and oxygen atoms in total. The van der Waals surface area contributed by atoms with E-state index in [9.17, 15) is 4.79 Å². The molecule has 2 rings (SSSR count). The van der Waals surface area contributed by atoms with Gasteiger partial charge < -0.3 is 9.47 Å². The Kier molecular flexibility index (Phi) is 3.62. The van der Waals surface area contributed by atoms with Gasteiger partial charge in [-0.1, -0.05) is 0 Å². The summed E-state index contributed by atoms with van der Waals surface area (Å²) in [6.45, 7) is 1.82. The number of thiazole rings is 1. The first-order valence-electron chi connectivity index (χ1n) is 5.34. The molecule has 0 aliphatic heterocycles. The Morgan fingerprint density at radius 2 is 2.06 bits per heavy atom. The highest BCUT2D eigenvalue weighted by Crippen LogP contribution is 2.36. The molecule has 0 radical (unpaired) electrons. The first kappa shape index (κ1) is 12.6. The van der Waals surface area contributed by atoms with Crippen molar-refractivity contribution in [2.45, 2.75) is 6.92 Å². The number of methoxy groups -OCH3 is 2. The molecule has 0 fully saturated rings. The minimum atomic E-state index is 0.642. The van der Waals surface area contributed by atoms with Gasteiger partial charge >= 0.3 is 0 Å². The number of hydrogen-bond acceptors (Lipinski definition) is 5. The van der Waals surface area contributed by atoms with Crippen LogP contribution < -0.4 is 9.47 Å². The molecule has 2 aromatic rings. The van der Waals surface area contributed by atoms with E-state index in [1.165, 1.54) is 11.3 Å². The normalized spacial score (nSPS) is 10.2. The highest BCUT2D eigenvalue weighted by atomic mass is 32.1. The van der Waals surface area contributed by atoms with Gasteiger partial charge in [-0.05, 0) is 19.1 Å². The molecule has 1 aromatic heterocycles. The topological polar surface area (TPSA) is 48.4 Å². The van der Waals surface area contributed by atoms with E-state index in [1.54, 1.807) is 20.3 Å². The molecule has 0 aliphatic carbocycles. The second-order valence-electron chi connectivity index (χ2n) is 3.65. The maximum atomic E-state index is 10.8. The van der Waals surface area contributed by atoms with E-state index >= 15 is 0 Å². The second-order valence-corrected chi connectivity index (χ2v) is 4.68. The molecule has 0 saturated carbocycles. The Hall–Kier alpha value is -1.88. The zero-order chi connectivity index (χ0) is 13.1. The van der Waals surface area contributed by atoms with Crippen LogP contribution in [0.25, 0.3) is 10.6 Å². The molecule has 0 unspecified atom stereocenters. The van der Waals surface area contributed by atoms with Gasteiger partial charge in [-0.3, -0.25) is 4.79 Å². The Balaban J connectivity index is 2.52. The third-order valence-corrected chi connectivity index (χ3v) is 3.69. The molecule has 94 valence electrons. The van der Waals surface area contributed by atoms with Gasteiger partial charge in [0.05, 0.1) is 30.4 Å². The van der Waals surface area contributed by atoms with Crippen LogP contribution in [0.3, 0.4) is 0 Å². The Bertz CT molecular complexity index is 578. The first-order valence-corrected chi connectivity index (χ1v) is 6.16. The smallest absolute Gasteiger partial charge is 0.161 e. The van der Waals surface area contributed by atoms with Crippen molar-refractivity contribution < 1.29 is 14.3 Å². The molecule has 0 spiro atoms. The van der Waals surface area contributed by atoms with Crippen LogP contribution in [0.4, 0.5) is 0 Å². The van der Waals surface area contributed by atoms with Gasteiger partial charge in [0.1, 0.15) is 16.5 Å². The third kappa shape index (κ3) is 2.22. The molecule has 0 N–H and O–H groups in total. The summed E-state index contributed by atoms with van der Waals surface area (Å²) in [7, 11) is 3.20. The lowest BCUT2D eigenvalue weighted by Gasteiger charge is -2.08. The standard InChI is InChI=1S/C13H13NO3S/c1-8-12(7-15)18-13(14-8)10-5-4-9(16-2)6-11(10)17-3/h4-7H,1-3H3. The number of hydrogen-bond donors (Lipinski definition) is 0. The number of aldehydes is 1. The monoisotopic (exact) mass is 263 g/mol. The molecule has 18 heavy (non-hydrogen) atoms. The maximum Gasteiger partial charge on any atom is 0.161 e. The van der Waals surface area contributed by atoms with E-state index in [-0.39, 0.29) is 0 Å². The Morgan fingerprint density at radius 3 is 2.61 bits per heavy atom. The summed E-state index contributed by atoms with van der Waals surface area (Å²) in [4.78, 5) is 15.9. The van der Waals surface area contributed by atoms with Gasteiger partial charge in [-0.25, -0.2) is 4.98 Å². The minimum Gasteiger partial charge on any atom is -0.497 e. The van der Waals surface area contributed by atoms with E-state index in [0.29, 0.717) is 10.6 Å². The predicted octanol–water partition coefficient (Wildman–Crippen LogP) is 2.95. The van der Waals surface area contributed by atoms with Crippen molar-refractivity contribution in [1.29, 1.82) is 0 Å². The van der Waals surface area contributed by atoms with E-state index in [1.807, 2.05) is 19.1 Å². The number of nitrogens with zero attached hydrogens (tertiary/aromatic N) is 1. The number of ether oxygens (including phenoxy) is 2. The van der Waals surface area contributed by atoms with Crippen molar-refractivity contribution in [2.24, 2.45) is 0 Å². The maximum absolute atomic E-state index is 10.8. The van der Waals surface area contributed by atoms with Crippen LogP contribution in [-0.2, 0) is 0 Å². The molecule has 1 heterocycles. The lowest BCUT2D eigenvalue weighted by molar-refractivity contribution is 0.112. The molecule has 0 saturated heterocycles. The molecular formula is C13H13NO3S. The molecule has 0 amide bonds. The fraction of sp³-hybridized carbons (Fsp3) is 0.231. The molecular weight excluding hydrogens is 250 g/mol. The van der Waals surface area contributed by atoms with E-state index in [2.05, 4.69) is 4.98 Å². The summed E-state index contributed by atoms with van der Waals surface area (Å²) in [5.74, 6) is 1.40. The van der Waals surface area contributed by atoms with Gasteiger partial charge in [-0.2, -0.15) is 0 Å². The van der Waals surface area contributed by atoms with Crippen molar-refractivity contribution >= 4 is 17.6 Å². The largest absolute Gasteiger partial charge is 0.497 e. The quantitative estimate of drug-likeness (QED) is 0.796. The van der Waals surface area contributed by atoms with Crippen LogP contribution in [0, 0.1) is 6.92 Å². The van der Waals surface area contributed by atoms with E-state index in [0.717, 1.165) is 28.3 Å². The second kappa shape index (κ2) is 5.18. The van der Waals surface area contributed by atoms with Gasteiger partial charge in [-0.15, -0.1) is 11.3 Å². The Morgan fingerprint density at radius 1 is 1.28 bits per heavy atom. The van der Waals surface area contributed by atoms with Crippen molar-refractivity contribution in [3.63, 3.8) is 0 Å². The zero-order valence-electron chi connectivity index (χ0n) is 10.4. The van der Waals surface area contributed by atoms with E-state index in [4.69, 9.17) is 9.47 Å². The average Bonchev–Trinajstić information content (AvgIpc) is 2.79. The van der Waals surface area contributed by atoms with Crippen LogP contribution in [0.5, 0.6) is 11.5 Å². The summed E-state index contributed by atoms with van der Waals surface area (Å²) in [6.07, 6.45) is 0.826. The van der Waals surface area contributed by atoms with Crippen LogP contribution in [0.2, 0.25) is 0 Å². The first-order chi connectivity index (χ1) is 8.69. The highest BCUT2D eigenvalue weighted by Gasteiger charge is 2.13. The minimum absolute atomic E-state index is 0.642. The summed E-state index contributed by atoms with van der Waals surface area (Å²) in [5, 5.41) is 0.772. The number of aromatic nitrogens is 1. The fourth-order valence-electron chi connectivity index (χ4n) is 1.61. The van der Waals surface area contributed by atoms with E-state index < -0.39 is 0 Å². The summed E-state index contributed by atoms with van der Waals surface area (Å²) in [6, 6.07) is 5.52. The predicted molar refractivity (Wildman–Crippen MR) is 70.8 cm³/mol. The van der Waals surface area contributed by atoms with Gasteiger partial charge in [0, 0.05) is 6.07 Å². The lowest BCUT2D eigenvalue weighted by Crippen LogP contribution is -1.90. The van der Waals surface area contributed by atoms with Crippen molar-refractivity contribution in [2.75, 3.05) is 14.2 Å². The summed E-state index contributed by atoms with van der Waals surface area (Å²) >= 11 is 1.36. The molecule has 0 atom stereocenters. The molecule has 0 bridgehead atoms. The van der Waals surface area contributed by atoms with Crippen LogP contribution in [0.1, 0.15) is 15.4 Å². The van der Waals surface area contributed by atoms with Gasteiger partial charge in [0.25, 0.3) is 0 Å². The summed E-state index contributed by atoms with van der Waals surface area (Å²) in [5.41, 5.74) is 1.60. The van der Waals surface area contributed by atoms with Gasteiger partial charge in [0.15, 0.2) is 6.29 Å². The van der Waals surface area contributed by atoms with Crippen molar-refractivity contribution in [3.05, 3.63) is 28.8 Å². The van der Waals surface area contributed by atoms with Crippen LogP contribution in [-0.4, -0.2) is 25.5 Å². The van der Waals surface area contributed by atoms with Crippen LogP contribution in [0.15, 0.2) is 18.2 Å². The highest BCUT2D eigenvalue weighted by molar-refractivity contribution is 7.16. The lowest BCUT2D eigenvalue weighted by atomic mass is 10.2. The average molecular weight is 263 g/mol. The number of carbonyl (C=O) groups excluding carboxylic acids is 1. The van der Waals surface area contributed by atoms with Crippen LogP contribution >= 0.6 is 11.3 Å². The number of aryl methyl sites for hydroxylation is 1. The molecule has 5 heteroatoms. The fourth-order valence-corrected chi connectivity index (χ4v) is 2.52. The number of benzene rings is 1.